The first kappa shape index (κ1) is 9.31. The Morgan fingerprint density at radius 2 is 1.92 bits per heavy atom. The van der Waals surface area contributed by atoms with Gasteiger partial charge in [-0.1, -0.05) is 17.7 Å². The Morgan fingerprint density at radius 1 is 1.33 bits per heavy atom. The van der Waals surface area contributed by atoms with E-state index in [0.717, 1.165) is 0 Å². The predicted molar refractivity (Wildman–Crippen MR) is 47.2 cm³/mol. The van der Waals surface area contributed by atoms with Crippen molar-refractivity contribution in [3.63, 3.8) is 0 Å². The largest absolute Gasteiger partial charge is 0.397 e. The van der Waals surface area contributed by atoms with Gasteiger partial charge < -0.3 is 5.73 Å². The number of nitrogens with two attached hydrogens (primary N) is 2. The highest BCUT2D eigenvalue weighted by Gasteiger charge is 2.13. The molecule has 1 rings (SSSR count). The number of hydrogen-bond acceptors (Lipinski definition) is 3. The summed E-state index contributed by atoms with van der Waals surface area (Å²) in [5.41, 5.74) is 5.56. The summed E-state index contributed by atoms with van der Waals surface area (Å²) in [4.78, 5) is -0.149. The minimum Gasteiger partial charge on any atom is -0.397 e. The lowest BCUT2D eigenvalue weighted by atomic mass is 10.3. The number of benzene rings is 1. The van der Waals surface area contributed by atoms with Crippen molar-refractivity contribution in [3.05, 3.63) is 23.2 Å². The molecule has 0 aliphatic carbocycles. The molecule has 0 bridgehead atoms. The van der Waals surface area contributed by atoms with Crippen molar-refractivity contribution in [1.29, 1.82) is 0 Å². The standard InChI is InChI=1S/C6H7ClN2O2S/c7-6-4(8)2-1-3-5(6)12(9,10)11/h1-3H,8H2,(H2,9,10,11). The molecule has 0 fully saturated rings. The summed E-state index contributed by atoms with van der Waals surface area (Å²) < 4.78 is 21.7. The average Bonchev–Trinajstić information content (AvgIpc) is 1.92. The number of anilines is 1. The summed E-state index contributed by atoms with van der Waals surface area (Å²) in [7, 11) is -3.77. The molecular formula is C6H7ClN2O2S. The Hall–Kier alpha value is -0.780. The van der Waals surface area contributed by atoms with Crippen LogP contribution in [0.2, 0.25) is 5.02 Å². The molecule has 0 spiro atoms. The van der Waals surface area contributed by atoms with Crippen LogP contribution in [0.3, 0.4) is 0 Å². The summed E-state index contributed by atoms with van der Waals surface area (Å²) in [6, 6.07) is 4.27. The molecule has 4 nitrogen and oxygen atoms in total. The Kier molecular flexibility index (Phi) is 2.27. The molecule has 1 aromatic rings. The Bertz CT molecular complexity index is 402. The minimum absolute atomic E-state index is 0.0278. The second-order valence-corrected chi connectivity index (χ2v) is 4.11. The van der Waals surface area contributed by atoms with Gasteiger partial charge in [-0.25, -0.2) is 13.6 Å². The third kappa shape index (κ3) is 1.69. The van der Waals surface area contributed by atoms with Crippen LogP contribution in [0.4, 0.5) is 5.69 Å². The van der Waals surface area contributed by atoms with Gasteiger partial charge in [-0.3, -0.25) is 0 Å². The third-order valence-corrected chi connectivity index (χ3v) is 2.79. The summed E-state index contributed by atoms with van der Waals surface area (Å²) in [5.74, 6) is 0. The second kappa shape index (κ2) is 2.93. The lowest BCUT2D eigenvalue weighted by Gasteiger charge is -2.02. The highest BCUT2D eigenvalue weighted by molar-refractivity contribution is 7.89. The van der Waals surface area contributed by atoms with Gasteiger partial charge in [0.05, 0.1) is 10.7 Å². The zero-order valence-electron chi connectivity index (χ0n) is 5.99. The molecule has 0 saturated heterocycles. The molecule has 0 aliphatic heterocycles. The molecular weight excluding hydrogens is 200 g/mol. The van der Waals surface area contributed by atoms with E-state index in [-0.39, 0.29) is 15.6 Å². The van der Waals surface area contributed by atoms with Gasteiger partial charge in [0.2, 0.25) is 10.0 Å². The van der Waals surface area contributed by atoms with E-state index < -0.39 is 10.0 Å². The first-order valence-corrected chi connectivity index (χ1v) is 4.92. The van der Waals surface area contributed by atoms with E-state index in [1.165, 1.54) is 18.2 Å². The number of rotatable bonds is 1. The lowest BCUT2D eigenvalue weighted by molar-refractivity contribution is 0.598. The molecule has 1 aromatic carbocycles. The maximum atomic E-state index is 10.8. The zero-order chi connectivity index (χ0) is 9.35. The first-order valence-electron chi connectivity index (χ1n) is 2.99. The van der Waals surface area contributed by atoms with E-state index in [9.17, 15) is 8.42 Å². The molecule has 0 unspecified atom stereocenters. The number of primary sulfonamides is 1. The van der Waals surface area contributed by atoms with Crippen molar-refractivity contribution in [2.24, 2.45) is 5.14 Å². The van der Waals surface area contributed by atoms with Gasteiger partial charge in [0, 0.05) is 0 Å². The van der Waals surface area contributed by atoms with Crippen molar-refractivity contribution >= 4 is 27.3 Å². The minimum atomic E-state index is -3.77. The van der Waals surface area contributed by atoms with Gasteiger partial charge in [-0.15, -0.1) is 0 Å². The lowest BCUT2D eigenvalue weighted by Crippen LogP contribution is -2.13. The fourth-order valence-corrected chi connectivity index (χ4v) is 1.83. The quantitative estimate of drug-likeness (QED) is 0.659. The van der Waals surface area contributed by atoms with Gasteiger partial charge in [0.25, 0.3) is 0 Å². The third-order valence-electron chi connectivity index (χ3n) is 1.30. The van der Waals surface area contributed by atoms with Gasteiger partial charge in [-0.2, -0.15) is 0 Å². The maximum Gasteiger partial charge on any atom is 0.239 e. The monoisotopic (exact) mass is 206 g/mol. The predicted octanol–water partition coefficient (Wildman–Crippen LogP) is 0.570. The smallest absolute Gasteiger partial charge is 0.239 e. The van der Waals surface area contributed by atoms with Crippen LogP contribution in [0.25, 0.3) is 0 Å². The molecule has 12 heavy (non-hydrogen) atoms. The number of hydrogen-bond donors (Lipinski definition) is 2. The average molecular weight is 207 g/mol. The van der Waals surface area contributed by atoms with E-state index >= 15 is 0 Å². The molecule has 6 heteroatoms. The Morgan fingerprint density at radius 3 is 2.33 bits per heavy atom. The van der Waals surface area contributed by atoms with Crippen LogP contribution in [0.5, 0.6) is 0 Å². The summed E-state index contributed by atoms with van der Waals surface area (Å²) in [5, 5.41) is 4.83. The molecule has 0 amide bonds. The van der Waals surface area contributed by atoms with Crippen LogP contribution in [0, 0.1) is 0 Å². The molecule has 0 aromatic heterocycles. The van der Waals surface area contributed by atoms with Crippen LogP contribution in [-0.4, -0.2) is 8.42 Å². The van der Waals surface area contributed by atoms with Crippen LogP contribution in [0.15, 0.2) is 23.1 Å². The number of sulfonamides is 1. The summed E-state index contributed by atoms with van der Waals surface area (Å²) in [6.07, 6.45) is 0. The molecule has 0 heterocycles. The maximum absolute atomic E-state index is 10.8. The zero-order valence-corrected chi connectivity index (χ0v) is 7.56. The topological polar surface area (TPSA) is 86.2 Å². The van der Waals surface area contributed by atoms with E-state index in [1.54, 1.807) is 0 Å². The Balaban J connectivity index is 3.47. The van der Waals surface area contributed by atoms with Crippen LogP contribution < -0.4 is 10.9 Å². The normalized spacial score (nSPS) is 11.5. The van der Waals surface area contributed by atoms with Crippen LogP contribution >= 0.6 is 11.6 Å². The summed E-state index contributed by atoms with van der Waals surface area (Å²) in [6.45, 7) is 0. The second-order valence-electron chi connectivity index (χ2n) is 2.20. The van der Waals surface area contributed by atoms with Gasteiger partial charge >= 0.3 is 0 Å². The van der Waals surface area contributed by atoms with Gasteiger partial charge in [-0.05, 0) is 12.1 Å². The van der Waals surface area contributed by atoms with Crippen molar-refractivity contribution in [2.75, 3.05) is 5.73 Å². The van der Waals surface area contributed by atoms with E-state index in [4.69, 9.17) is 22.5 Å². The van der Waals surface area contributed by atoms with E-state index in [0.29, 0.717) is 0 Å². The fourth-order valence-electron chi connectivity index (χ4n) is 0.748. The highest BCUT2D eigenvalue weighted by atomic mass is 35.5. The molecule has 0 atom stereocenters. The van der Waals surface area contributed by atoms with Gasteiger partial charge in [0.1, 0.15) is 4.90 Å². The van der Waals surface area contributed by atoms with E-state index in [1.807, 2.05) is 0 Å². The van der Waals surface area contributed by atoms with E-state index in [2.05, 4.69) is 0 Å². The molecule has 4 N–H and O–H groups in total. The van der Waals surface area contributed by atoms with Crippen molar-refractivity contribution < 1.29 is 8.42 Å². The van der Waals surface area contributed by atoms with Crippen LogP contribution in [0.1, 0.15) is 0 Å². The molecule has 66 valence electrons. The summed E-state index contributed by atoms with van der Waals surface area (Å²) >= 11 is 5.59. The number of nitrogen functional groups attached to an aromatic ring is 1. The van der Waals surface area contributed by atoms with Crippen molar-refractivity contribution in [3.8, 4) is 0 Å². The molecule has 0 saturated carbocycles. The fraction of sp³-hybridized carbons (Fsp3) is 0. The van der Waals surface area contributed by atoms with Gasteiger partial charge in [0.15, 0.2) is 0 Å². The number of halogens is 1. The SMILES string of the molecule is Nc1cccc(S(N)(=O)=O)c1Cl. The first-order chi connectivity index (χ1) is 5.43. The molecule has 0 aliphatic rings. The molecule has 0 radical (unpaired) electrons. The highest BCUT2D eigenvalue weighted by Crippen LogP contribution is 2.25. The Labute approximate surface area is 75.2 Å². The van der Waals surface area contributed by atoms with Crippen molar-refractivity contribution in [1.82, 2.24) is 0 Å². The van der Waals surface area contributed by atoms with Crippen molar-refractivity contribution in [2.45, 2.75) is 4.90 Å². The van der Waals surface area contributed by atoms with Crippen LogP contribution in [-0.2, 0) is 10.0 Å².